The van der Waals surface area contributed by atoms with Crippen LogP contribution < -0.4 is 10.6 Å². The number of halogens is 1. The average molecular weight is 393 g/mol. The lowest BCUT2D eigenvalue weighted by atomic mass is 9.80. The molecule has 1 aliphatic rings. The Hall–Kier alpha value is -0.760. The van der Waals surface area contributed by atoms with Crippen LogP contribution in [0, 0.1) is 0 Å². The molecule has 1 aromatic rings. The topological polar surface area (TPSA) is 69.8 Å². The summed E-state index contributed by atoms with van der Waals surface area (Å²) < 4.78 is 5.28. The highest BCUT2D eigenvalue weighted by Crippen LogP contribution is 2.31. The highest BCUT2D eigenvalue weighted by atomic mass is 127. The van der Waals surface area contributed by atoms with E-state index in [1.54, 1.807) is 6.26 Å². The van der Waals surface area contributed by atoms with E-state index in [9.17, 15) is 5.11 Å². The SMILES string of the molecule is CCNC(=NCC1(O)CCC1)NCCc1ccco1.I. The fourth-order valence-corrected chi connectivity index (χ4v) is 2.07. The van der Waals surface area contributed by atoms with Gasteiger partial charge in [-0.05, 0) is 38.3 Å². The van der Waals surface area contributed by atoms with Gasteiger partial charge in [0, 0.05) is 19.5 Å². The fourth-order valence-electron chi connectivity index (χ4n) is 2.07. The van der Waals surface area contributed by atoms with E-state index in [-0.39, 0.29) is 24.0 Å². The van der Waals surface area contributed by atoms with Crippen LogP contribution in [0.4, 0.5) is 0 Å². The van der Waals surface area contributed by atoms with Crippen LogP contribution in [0.2, 0.25) is 0 Å². The van der Waals surface area contributed by atoms with E-state index in [0.29, 0.717) is 6.54 Å². The lowest BCUT2D eigenvalue weighted by Gasteiger charge is -2.35. The molecular formula is C14H24IN3O2. The molecule has 0 unspecified atom stereocenters. The van der Waals surface area contributed by atoms with Crippen molar-refractivity contribution in [1.29, 1.82) is 0 Å². The number of guanidine groups is 1. The lowest BCUT2D eigenvalue weighted by molar-refractivity contribution is -0.0236. The monoisotopic (exact) mass is 393 g/mol. The second kappa shape index (κ2) is 8.51. The van der Waals surface area contributed by atoms with E-state index >= 15 is 0 Å². The third-order valence-corrected chi connectivity index (χ3v) is 3.40. The molecule has 0 saturated heterocycles. The van der Waals surface area contributed by atoms with Crippen LogP contribution in [0.1, 0.15) is 31.9 Å². The minimum Gasteiger partial charge on any atom is -0.469 e. The average Bonchev–Trinajstić information content (AvgIpc) is 2.87. The number of hydrogen-bond donors (Lipinski definition) is 3. The summed E-state index contributed by atoms with van der Waals surface area (Å²) in [7, 11) is 0. The van der Waals surface area contributed by atoms with E-state index in [1.165, 1.54) is 0 Å². The second-order valence-corrected chi connectivity index (χ2v) is 5.03. The van der Waals surface area contributed by atoms with Crippen molar-refractivity contribution in [3.05, 3.63) is 24.2 Å². The zero-order valence-electron chi connectivity index (χ0n) is 11.9. The third kappa shape index (κ3) is 5.32. The lowest BCUT2D eigenvalue weighted by Crippen LogP contribution is -2.43. The first-order chi connectivity index (χ1) is 9.22. The Morgan fingerprint density at radius 1 is 1.45 bits per heavy atom. The first kappa shape index (κ1) is 17.3. The third-order valence-electron chi connectivity index (χ3n) is 3.40. The number of aliphatic hydroxyl groups is 1. The maximum absolute atomic E-state index is 10.0. The molecule has 20 heavy (non-hydrogen) atoms. The quantitative estimate of drug-likeness (QED) is 0.393. The summed E-state index contributed by atoms with van der Waals surface area (Å²) in [6.07, 6.45) is 5.33. The molecule has 114 valence electrons. The minimum atomic E-state index is -0.566. The predicted molar refractivity (Wildman–Crippen MR) is 90.6 cm³/mol. The normalized spacial score (nSPS) is 17.0. The Balaban J connectivity index is 0.00000200. The molecule has 2 rings (SSSR count). The van der Waals surface area contributed by atoms with Crippen molar-refractivity contribution in [2.24, 2.45) is 4.99 Å². The minimum absolute atomic E-state index is 0. The van der Waals surface area contributed by atoms with Gasteiger partial charge in [-0.3, -0.25) is 4.99 Å². The molecule has 0 radical (unpaired) electrons. The number of nitrogens with one attached hydrogen (secondary N) is 2. The summed E-state index contributed by atoms with van der Waals surface area (Å²) in [5, 5.41) is 16.5. The van der Waals surface area contributed by atoms with E-state index in [1.807, 2.05) is 19.1 Å². The van der Waals surface area contributed by atoms with E-state index in [4.69, 9.17) is 4.42 Å². The molecule has 0 spiro atoms. The van der Waals surface area contributed by atoms with Crippen molar-refractivity contribution < 1.29 is 9.52 Å². The van der Waals surface area contributed by atoms with Crippen LogP contribution >= 0.6 is 24.0 Å². The molecule has 0 amide bonds. The van der Waals surface area contributed by atoms with Crippen molar-refractivity contribution in [2.45, 2.75) is 38.2 Å². The highest BCUT2D eigenvalue weighted by Gasteiger charge is 2.34. The van der Waals surface area contributed by atoms with Crippen LogP contribution in [-0.2, 0) is 6.42 Å². The van der Waals surface area contributed by atoms with Crippen molar-refractivity contribution in [3.8, 4) is 0 Å². The molecular weight excluding hydrogens is 369 g/mol. The smallest absolute Gasteiger partial charge is 0.191 e. The summed E-state index contributed by atoms with van der Waals surface area (Å²) in [5.74, 6) is 1.72. The summed E-state index contributed by atoms with van der Waals surface area (Å²) in [4.78, 5) is 4.44. The first-order valence-corrected chi connectivity index (χ1v) is 6.99. The Labute approximate surface area is 137 Å². The maximum atomic E-state index is 10.0. The first-order valence-electron chi connectivity index (χ1n) is 6.99. The molecule has 1 saturated carbocycles. The van der Waals surface area contributed by atoms with Crippen molar-refractivity contribution in [1.82, 2.24) is 10.6 Å². The molecule has 0 aliphatic heterocycles. The van der Waals surface area contributed by atoms with Gasteiger partial charge in [0.2, 0.25) is 0 Å². The predicted octanol–water partition coefficient (Wildman–Crippen LogP) is 1.91. The summed E-state index contributed by atoms with van der Waals surface area (Å²) in [5.41, 5.74) is -0.566. The van der Waals surface area contributed by atoms with Crippen LogP contribution in [0.25, 0.3) is 0 Å². The second-order valence-electron chi connectivity index (χ2n) is 5.03. The Morgan fingerprint density at radius 3 is 2.80 bits per heavy atom. The Morgan fingerprint density at radius 2 is 2.25 bits per heavy atom. The largest absolute Gasteiger partial charge is 0.469 e. The Kier molecular flexibility index (Phi) is 7.36. The van der Waals surface area contributed by atoms with Crippen LogP contribution in [0.3, 0.4) is 0 Å². The van der Waals surface area contributed by atoms with Gasteiger partial charge in [0.1, 0.15) is 5.76 Å². The summed E-state index contributed by atoms with van der Waals surface area (Å²) in [6.45, 7) is 4.08. The van der Waals surface area contributed by atoms with Crippen molar-refractivity contribution in [3.63, 3.8) is 0 Å². The molecule has 6 heteroatoms. The van der Waals surface area contributed by atoms with Crippen molar-refractivity contribution >= 4 is 29.9 Å². The van der Waals surface area contributed by atoms with Gasteiger partial charge >= 0.3 is 0 Å². The van der Waals surface area contributed by atoms with Gasteiger partial charge in [0.15, 0.2) is 5.96 Å². The molecule has 1 heterocycles. The zero-order chi connectivity index (χ0) is 13.6. The molecule has 1 aliphatic carbocycles. The number of furan rings is 1. The van der Waals surface area contributed by atoms with E-state index in [0.717, 1.165) is 50.5 Å². The molecule has 0 atom stereocenters. The summed E-state index contributed by atoms with van der Waals surface area (Å²) >= 11 is 0. The van der Waals surface area contributed by atoms with Gasteiger partial charge in [-0.2, -0.15) is 0 Å². The van der Waals surface area contributed by atoms with Gasteiger partial charge < -0.3 is 20.2 Å². The summed E-state index contributed by atoms with van der Waals surface area (Å²) in [6, 6.07) is 3.85. The molecule has 0 bridgehead atoms. The molecule has 0 aromatic carbocycles. The van der Waals surface area contributed by atoms with Gasteiger partial charge in [0.25, 0.3) is 0 Å². The highest BCUT2D eigenvalue weighted by molar-refractivity contribution is 14.0. The number of hydrogen-bond acceptors (Lipinski definition) is 3. The van der Waals surface area contributed by atoms with E-state index < -0.39 is 5.60 Å². The number of nitrogens with zero attached hydrogens (tertiary/aromatic N) is 1. The molecule has 1 aromatic heterocycles. The molecule has 1 fully saturated rings. The zero-order valence-corrected chi connectivity index (χ0v) is 14.2. The van der Waals surface area contributed by atoms with Crippen LogP contribution in [0.5, 0.6) is 0 Å². The van der Waals surface area contributed by atoms with Gasteiger partial charge in [-0.15, -0.1) is 24.0 Å². The number of rotatable bonds is 6. The fraction of sp³-hybridized carbons (Fsp3) is 0.643. The molecule has 5 nitrogen and oxygen atoms in total. The standard InChI is InChI=1S/C14H23N3O2.HI/c1-2-15-13(17-11-14(18)7-4-8-14)16-9-6-12-5-3-10-19-12;/h3,5,10,18H,2,4,6-9,11H2,1H3,(H2,15,16,17);1H. The number of aliphatic imine (C=N–C) groups is 1. The van der Waals surface area contributed by atoms with E-state index in [2.05, 4.69) is 15.6 Å². The van der Waals surface area contributed by atoms with Crippen LogP contribution in [-0.4, -0.2) is 36.3 Å². The Bertz CT molecular complexity index is 403. The van der Waals surface area contributed by atoms with Gasteiger partial charge in [0.05, 0.1) is 18.4 Å². The van der Waals surface area contributed by atoms with Gasteiger partial charge in [-0.25, -0.2) is 0 Å². The van der Waals surface area contributed by atoms with Crippen molar-refractivity contribution in [2.75, 3.05) is 19.6 Å². The van der Waals surface area contributed by atoms with Crippen LogP contribution in [0.15, 0.2) is 27.8 Å². The van der Waals surface area contributed by atoms with Gasteiger partial charge in [-0.1, -0.05) is 0 Å². The molecule has 3 N–H and O–H groups in total. The maximum Gasteiger partial charge on any atom is 0.191 e.